The van der Waals surface area contributed by atoms with Crippen LogP contribution in [0.15, 0.2) is 0 Å². The number of carbonyl (C=O) groups is 1. The van der Waals surface area contributed by atoms with Crippen LogP contribution in [0.2, 0.25) is 0 Å². The molecule has 2 aliphatic carbocycles. The molecule has 0 bridgehead atoms. The molecule has 2 N–H and O–H groups in total. The number of methoxy groups -OCH3 is 1. The lowest BCUT2D eigenvalue weighted by Crippen LogP contribution is -2.52. The lowest BCUT2D eigenvalue weighted by atomic mass is 9.85. The van der Waals surface area contributed by atoms with E-state index in [0.29, 0.717) is 6.04 Å². The van der Waals surface area contributed by atoms with Crippen molar-refractivity contribution in [1.29, 1.82) is 0 Å². The summed E-state index contributed by atoms with van der Waals surface area (Å²) in [6, 6.07) is 0.572. The van der Waals surface area contributed by atoms with Gasteiger partial charge in [-0.25, -0.2) is 0 Å². The van der Waals surface area contributed by atoms with Crippen LogP contribution in [0.3, 0.4) is 0 Å². The predicted molar refractivity (Wildman–Crippen MR) is 80.3 cm³/mol. The quantitative estimate of drug-likeness (QED) is 0.727. The Hall–Kier alpha value is -0.610. The molecular weight excluding hydrogens is 252 g/mol. The molecule has 0 spiro atoms. The maximum atomic E-state index is 12.0. The minimum Gasteiger partial charge on any atom is -0.468 e. The topological polar surface area (TPSA) is 55.6 Å². The number of hydrogen-bond donors (Lipinski definition) is 1. The third-order valence-electron chi connectivity index (χ3n) is 5.12. The van der Waals surface area contributed by atoms with Gasteiger partial charge in [-0.1, -0.05) is 6.42 Å². The molecule has 0 aliphatic heterocycles. The standard InChI is InChI=1S/C16H30N2O2/c1-12(2)18(11-13-6-7-13)10-8-14-5-4-9-16(14,17)15(19)20-3/h12-14H,4-11,17H2,1-3H3. The molecule has 2 saturated carbocycles. The van der Waals surface area contributed by atoms with E-state index < -0.39 is 5.54 Å². The minimum atomic E-state index is -0.739. The molecule has 2 atom stereocenters. The molecule has 20 heavy (non-hydrogen) atoms. The monoisotopic (exact) mass is 282 g/mol. The highest BCUT2D eigenvalue weighted by molar-refractivity contribution is 5.81. The van der Waals surface area contributed by atoms with Crippen molar-refractivity contribution in [3.63, 3.8) is 0 Å². The summed E-state index contributed by atoms with van der Waals surface area (Å²) in [7, 11) is 1.44. The van der Waals surface area contributed by atoms with Crippen molar-refractivity contribution in [3.8, 4) is 0 Å². The van der Waals surface area contributed by atoms with Crippen molar-refractivity contribution < 1.29 is 9.53 Å². The molecular formula is C16H30N2O2. The Balaban J connectivity index is 1.88. The van der Waals surface area contributed by atoms with Gasteiger partial charge in [0, 0.05) is 12.6 Å². The average molecular weight is 282 g/mol. The Kier molecular flexibility index (Phi) is 5.08. The van der Waals surface area contributed by atoms with Gasteiger partial charge >= 0.3 is 5.97 Å². The van der Waals surface area contributed by atoms with Crippen LogP contribution in [-0.4, -0.2) is 42.6 Å². The van der Waals surface area contributed by atoms with Gasteiger partial charge in [0.15, 0.2) is 0 Å². The fraction of sp³-hybridized carbons (Fsp3) is 0.938. The summed E-state index contributed by atoms with van der Waals surface area (Å²) in [5, 5.41) is 0. The average Bonchev–Trinajstić information content (AvgIpc) is 3.16. The van der Waals surface area contributed by atoms with Crippen molar-refractivity contribution in [3.05, 3.63) is 0 Å². The molecule has 4 nitrogen and oxygen atoms in total. The molecule has 0 heterocycles. The largest absolute Gasteiger partial charge is 0.468 e. The molecule has 116 valence electrons. The molecule has 0 saturated heterocycles. The van der Waals surface area contributed by atoms with E-state index >= 15 is 0 Å². The Morgan fingerprint density at radius 1 is 1.40 bits per heavy atom. The van der Waals surface area contributed by atoms with E-state index in [1.807, 2.05) is 0 Å². The predicted octanol–water partition coefficient (Wildman–Crippen LogP) is 2.17. The second kappa shape index (κ2) is 6.44. The summed E-state index contributed by atoms with van der Waals surface area (Å²) in [4.78, 5) is 14.5. The SMILES string of the molecule is COC(=O)C1(N)CCCC1CCN(CC1CC1)C(C)C. The minimum absolute atomic E-state index is 0.224. The van der Waals surface area contributed by atoms with Gasteiger partial charge in [-0.15, -0.1) is 0 Å². The third-order valence-corrected chi connectivity index (χ3v) is 5.12. The van der Waals surface area contributed by atoms with Crippen molar-refractivity contribution in [2.45, 2.75) is 64.0 Å². The first-order chi connectivity index (χ1) is 9.47. The van der Waals surface area contributed by atoms with Gasteiger partial charge < -0.3 is 15.4 Å². The zero-order chi connectivity index (χ0) is 14.8. The van der Waals surface area contributed by atoms with E-state index in [1.165, 1.54) is 26.5 Å². The van der Waals surface area contributed by atoms with E-state index in [9.17, 15) is 4.79 Å². The van der Waals surface area contributed by atoms with Crippen LogP contribution in [-0.2, 0) is 9.53 Å². The lowest BCUT2D eigenvalue weighted by molar-refractivity contribution is -0.148. The van der Waals surface area contributed by atoms with Crippen LogP contribution in [0.1, 0.15) is 52.4 Å². The van der Waals surface area contributed by atoms with Crippen molar-refractivity contribution >= 4 is 5.97 Å². The summed E-state index contributed by atoms with van der Waals surface area (Å²) < 4.78 is 4.92. The van der Waals surface area contributed by atoms with Crippen LogP contribution >= 0.6 is 0 Å². The zero-order valence-corrected chi connectivity index (χ0v) is 13.2. The Morgan fingerprint density at radius 3 is 2.65 bits per heavy atom. The van der Waals surface area contributed by atoms with Crippen LogP contribution in [0, 0.1) is 11.8 Å². The lowest BCUT2D eigenvalue weighted by Gasteiger charge is -2.32. The highest BCUT2D eigenvalue weighted by Gasteiger charge is 2.46. The van der Waals surface area contributed by atoms with Gasteiger partial charge in [-0.2, -0.15) is 0 Å². The van der Waals surface area contributed by atoms with Gasteiger partial charge in [0.1, 0.15) is 5.54 Å². The summed E-state index contributed by atoms with van der Waals surface area (Å²) in [5.74, 6) is 0.956. The summed E-state index contributed by atoms with van der Waals surface area (Å²) in [5.41, 5.74) is 5.60. The summed E-state index contributed by atoms with van der Waals surface area (Å²) in [6.07, 6.45) is 6.65. The molecule has 0 aromatic carbocycles. The first-order valence-corrected chi connectivity index (χ1v) is 8.08. The van der Waals surface area contributed by atoms with Crippen LogP contribution < -0.4 is 5.73 Å². The third kappa shape index (κ3) is 3.53. The van der Waals surface area contributed by atoms with E-state index in [2.05, 4.69) is 18.7 Å². The molecule has 2 rings (SSSR count). The molecule has 0 aromatic heterocycles. The second-order valence-electron chi connectivity index (χ2n) is 6.94. The molecule has 4 heteroatoms. The summed E-state index contributed by atoms with van der Waals surface area (Å²) in [6.45, 7) is 6.77. The highest BCUT2D eigenvalue weighted by Crippen LogP contribution is 2.37. The second-order valence-corrected chi connectivity index (χ2v) is 6.94. The molecule has 0 aromatic rings. The number of hydrogen-bond acceptors (Lipinski definition) is 4. The normalized spacial score (nSPS) is 30.2. The van der Waals surface area contributed by atoms with E-state index in [-0.39, 0.29) is 11.9 Å². The van der Waals surface area contributed by atoms with Crippen molar-refractivity contribution in [2.24, 2.45) is 17.6 Å². The van der Waals surface area contributed by atoms with Crippen LogP contribution in [0.4, 0.5) is 0 Å². The molecule has 2 aliphatic rings. The maximum Gasteiger partial charge on any atom is 0.326 e. The van der Waals surface area contributed by atoms with Crippen molar-refractivity contribution in [2.75, 3.05) is 20.2 Å². The Labute approximate surface area is 123 Å². The summed E-state index contributed by atoms with van der Waals surface area (Å²) >= 11 is 0. The zero-order valence-electron chi connectivity index (χ0n) is 13.2. The maximum absolute atomic E-state index is 12.0. The fourth-order valence-corrected chi connectivity index (χ4v) is 3.48. The van der Waals surface area contributed by atoms with Gasteiger partial charge in [0.2, 0.25) is 0 Å². The number of ether oxygens (including phenoxy) is 1. The van der Waals surface area contributed by atoms with E-state index in [1.54, 1.807) is 0 Å². The van der Waals surface area contributed by atoms with Gasteiger partial charge in [-0.3, -0.25) is 4.79 Å². The Bertz CT molecular complexity index is 341. The fourth-order valence-electron chi connectivity index (χ4n) is 3.48. The van der Waals surface area contributed by atoms with Gasteiger partial charge in [0.05, 0.1) is 7.11 Å². The molecule has 2 fully saturated rings. The van der Waals surface area contributed by atoms with Gasteiger partial charge in [0.25, 0.3) is 0 Å². The van der Waals surface area contributed by atoms with Crippen LogP contribution in [0.25, 0.3) is 0 Å². The highest BCUT2D eigenvalue weighted by atomic mass is 16.5. The number of nitrogens with zero attached hydrogens (tertiary/aromatic N) is 1. The van der Waals surface area contributed by atoms with Crippen molar-refractivity contribution in [1.82, 2.24) is 4.90 Å². The first kappa shape index (κ1) is 15.8. The number of rotatable bonds is 7. The van der Waals surface area contributed by atoms with E-state index in [4.69, 9.17) is 10.5 Å². The number of carbonyl (C=O) groups excluding carboxylic acids is 1. The smallest absolute Gasteiger partial charge is 0.326 e. The first-order valence-electron chi connectivity index (χ1n) is 8.08. The van der Waals surface area contributed by atoms with E-state index in [0.717, 1.165) is 38.1 Å². The van der Waals surface area contributed by atoms with Crippen LogP contribution in [0.5, 0.6) is 0 Å². The Morgan fingerprint density at radius 2 is 2.10 bits per heavy atom. The van der Waals surface area contributed by atoms with Gasteiger partial charge in [-0.05, 0) is 64.3 Å². The number of esters is 1. The molecule has 0 radical (unpaired) electrons. The molecule has 2 unspecified atom stereocenters. The number of nitrogens with two attached hydrogens (primary N) is 1. The molecule has 0 amide bonds.